The van der Waals surface area contributed by atoms with Crippen molar-refractivity contribution in [3.05, 3.63) is 59.2 Å². The Morgan fingerprint density at radius 3 is 2.56 bits per heavy atom. The summed E-state index contributed by atoms with van der Waals surface area (Å²) in [5, 5.41) is 0.438. The largest absolute Gasteiger partial charge is 0.454 e. The first kappa shape index (κ1) is 13.0. The molecule has 2 aromatic carbocycles. The molecular formula is C14H11BrF2O. The number of aryl methyl sites for hydroxylation is 1. The summed E-state index contributed by atoms with van der Waals surface area (Å²) in [6, 6.07) is 8.76. The van der Waals surface area contributed by atoms with E-state index in [4.69, 9.17) is 4.74 Å². The van der Waals surface area contributed by atoms with E-state index >= 15 is 0 Å². The standard InChI is InChI=1S/C14H11BrF2O/c1-9-2-4-12(17)14(6-9)18-13-5-3-11(16)7-10(13)8-15/h2-7H,8H2,1H3. The van der Waals surface area contributed by atoms with Crippen LogP contribution in [0.1, 0.15) is 11.1 Å². The fourth-order valence-corrected chi connectivity index (χ4v) is 2.00. The lowest BCUT2D eigenvalue weighted by molar-refractivity contribution is 0.437. The molecule has 0 radical (unpaired) electrons. The molecule has 94 valence electrons. The van der Waals surface area contributed by atoms with Crippen molar-refractivity contribution in [3.63, 3.8) is 0 Å². The van der Waals surface area contributed by atoms with Gasteiger partial charge in [0, 0.05) is 10.9 Å². The van der Waals surface area contributed by atoms with Crippen LogP contribution < -0.4 is 4.74 Å². The summed E-state index contributed by atoms with van der Waals surface area (Å²) in [7, 11) is 0. The van der Waals surface area contributed by atoms with E-state index in [2.05, 4.69) is 15.9 Å². The van der Waals surface area contributed by atoms with Gasteiger partial charge in [0.15, 0.2) is 11.6 Å². The smallest absolute Gasteiger partial charge is 0.165 e. The van der Waals surface area contributed by atoms with Crippen molar-refractivity contribution >= 4 is 15.9 Å². The van der Waals surface area contributed by atoms with E-state index in [0.717, 1.165) is 5.56 Å². The van der Waals surface area contributed by atoms with Crippen LogP contribution in [0.15, 0.2) is 36.4 Å². The second-order valence-corrected chi connectivity index (χ2v) is 4.48. The third kappa shape index (κ3) is 2.88. The number of benzene rings is 2. The minimum absolute atomic E-state index is 0.142. The lowest BCUT2D eigenvalue weighted by Gasteiger charge is -2.11. The molecule has 0 aliphatic heterocycles. The summed E-state index contributed by atoms with van der Waals surface area (Å²) in [5.74, 6) is -0.200. The molecule has 0 atom stereocenters. The van der Waals surface area contributed by atoms with E-state index in [0.29, 0.717) is 16.6 Å². The molecule has 0 spiro atoms. The lowest BCUT2D eigenvalue weighted by Crippen LogP contribution is -1.93. The first-order valence-corrected chi connectivity index (χ1v) is 6.50. The molecule has 2 rings (SSSR count). The van der Waals surface area contributed by atoms with Crippen molar-refractivity contribution in [1.29, 1.82) is 0 Å². The number of rotatable bonds is 3. The zero-order chi connectivity index (χ0) is 13.1. The Bertz CT molecular complexity index is 570. The van der Waals surface area contributed by atoms with Crippen LogP contribution in [0, 0.1) is 18.6 Å². The van der Waals surface area contributed by atoms with E-state index in [1.165, 1.54) is 24.3 Å². The number of hydrogen-bond donors (Lipinski definition) is 0. The van der Waals surface area contributed by atoms with Gasteiger partial charge in [-0.15, -0.1) is 0 Å². The Hall–Kier alpha value is -1.42. The highest BCUT2D eigenvalue weighted by Crippen LogP contribution is 2.29. The maximum Gasteiger partial charge on any atom is 0.165 e. The Labute approximate surface area is 113 Å². The van der Waals surface area contributed by atoms with Crippen molar-refractivity contribution < 1.29 is 13.5 Å². The molecule has 0 aliphatic rings. The highest BCUT2D eigenvalue weighted by Gasteiger charge is 2.09. The van der Waals surface area contributed by atoms with Gasteiger partial charge >= 0.3 is 0 Å². The summed E-state index contributed by atoms with van der Waals surface area (Å²) in [6.45, 7) is 1.85. The normalized spacial score (nSPS) is 10.4. The van der Waals surface area contributed by atoms with Crippen molar-refractivity contribution in [2.24, 2.45) is 0 Å². The van der Waals surface area contributed by atoms with Crippen LogP contribution >= 0.6 is 15.9 Å². The minimum Gasteiger partial charge on any atom is -0.454 e. The molecule has 1 nitrogen and oxygen atoms in total. The number of halogens is 3. The van der Waals surface area contributed by atoms with Gasteiger partial charge in [-0.05, 0) is 42.8 Å². The third-order valence-corrected chi connectivity index (χ3v) is 3.08. The van der Waals surface area contributed by atoms with E-state index in [-0.39, 0.29) is 11.6 Å². The highest BCUT2D eigenvalue weighted by atomic mass is 79.9. The zero-order valence-corrected chi connectivity index (χ0v) is 11.3. The van der Waals surface area contributed by atoms with Crippen LogP contribution in [-0.2, 0) is 5.33 Å². The van der Waals surface area contributed by atoms with Crippen LogP contribution in [0.3, 0.4) is 0 Å². The summed E-state index contributed by atoms with van der Waals surface area (Å²) >= 11 is 3.25. The van der Waals surface area contributed by atoms with Gasteiger partial charge in [-0.3, -0.25) is 0 Å². The van der Waals surface area contributed by atoms with E-state index < -0.39 is 5.82 Å². The Morgan fingerprint density at radius 1 is 1.06 bits per heavy atom. The SMILES string of the molecule is Cc1ccc(F)c(Oc2ccc(F)cc2CBr)c1. The second kappa shape index (κ2) is 5.48. The molecule has 0 amide bonds. The topological polar surface area (TPSA) is 9.23 Å². The van der Waals surface area contributed by atoms with Crippen LogP contribution in [0.4, 0.5) is 8.78 Å². The molecule has 0 unspecified atom stereocenters. The summed E-state index contributed by atoms with van der Waals surface area (Å²) < 4.78 is 32.1. The van der Waals surface area contributed by atoms with E-state index in [1.54, 1.807) is 12.1 Å². The molecule has 0 heterocycles. The van der Waals surface area contributed by atoms with Gasteiger partial charge in [-0.2, -0.15) is 0 Å². The van der Waals surface area contributed by atoms with Crippen molar-refractivity contribution in [1.82, 2.24) is 0 Å². The van der Waals surface area contributed by atoms with Gasteiger partial charge in [0.05, 0.1) is 0 Å². The highest BCUT2D eigenvalue weighted by molar-refractivity contribution is 9.08. The molecule has 0 aromatic heterocycles. The van der Waals surface area contributed by atoms with Gasteiger partial charge in [0.1, 0.15) is 11.6 Å². The summed E-state index contributed by atoms with van der Waals surface area (Å²) in [5.41, 5.74) is 1.53. The average Bonchev–Trinajstić information content (AvgIpc) is 2.36. The first-order chi connectivity index (χ1) is 8.60. The van der Waals surface area contributed by atoms with Crippen LogP contribution in [0.2, 0.25) is 0 Å². The molecule has 0 saturated carbocycles. The Morgan fingerprint density at radius 2 is 1.83 bits per heavy atom. The Kier molecular flexibility index (Phi) is 3.97. The molecular weight excluding hydrogens is 302 g/mol. The summed E-state index contributed by atoms with van der Waals surface area (Å²) in [4.78, 5) is 0. The van der Waals surface area contributed by atoms with Gasteiger partial charge in [-0.25, -0.2) is 8.78 Å². The molecule has 4 heteroatoms. The number of alkyl halides is 1. The van der Waals surface area contributed by atoms with Crippen LogP contribution in [0.5, 0.6) is 11.5 Å². The van der Waals surface area contributed by atoms with Crippen LogP contribution in [-0.4, -0.2) is 0 Å². The van der Waals surface area contributed by atoms with Gasteiger partial charge in [0.25, 0.3) is 0 Å². The molecule has 0 fully saturated rings. The predicted molar refractivity (Wildman–Crippen MR) is 70.2 cm³/mol. The molecule has 0 N–H and O–H groups in total. The molecule has 0 bridgehead atoms. The first-order valence-electron chi connectivity index (χ1n) is 5.38. The molecule has 0 saturated heterocycles. The summed E-state index contributed by atoms with van der Waals surface area (Å²) in [6.07, 6.45) is 0. The monoisotopic (exact) mass is 312 g/mol. The quantitative estimate of drug-likeness (QED) is 0.728. The number of ether oxygens (including phenoxy) is 1. The van der Waals surface area contributed by atoms with Crippen LogP contribution in [0.25, 0.3) is 0 Å². The third-order valence-electron chi connectivity index (χ3n) is 2.47. The lowest BCUT2D eigenvalue weighted by atomic mass is 10.2. The second-order valence-electron chi connectivity index (χ2n) is 3.92. The molecule has 18 heavy (non-hydrogen) atoms. The van der Waals surface area contributed by atoms with Gasteiger partial charge in [-0.1, -0.05) is 22.0 Å². The predicted octanol–water partition coefficient (Wildman–Crippen LogP) is 4.96. The molecule has 0 aliphatic carbocycles. The van der Waals surface area contributed by atoms with Crippen molar-refractivity contribution in [3.8, 4) is 11.5 Å². The zero-order valence-electron chi connectivity index (χ0n) is 9.71. The fourth-order valence-electron chi connectivity index (χ4n) is 1.56. The molecule has 2 aromatic rings. The van der Waals surface area contributed by atoms with Crippen molar-refractivity contribution in [2.75, 3.05) is 0 Å². The Balaban J connectivity index is 2.36. The van der Waals surface area contributed by atoms with Gasteiger partial charge in [0.2, 0.25) is 0 Å². The van der Waals surface area contributed by atoms with E-state index in [1.807, 2.05) is 6.92 Å². The average molecular weight is 313 g/mol. The van der Waals surface area contributed by atoms with Gasteiger partial charge < -0.3 is 4.74 Å². The maximum absolute atomic E-state index is 13.6. The fraction of sp³-hybridized carbons (Fsp3) is 0.143. The van der Waals surface area contributed by atoms with Crippen molar-refractivity contribution in [2.45, 2.75) is 12.3 Å². The maximum atomic E-state index is 13.6. The van der Waals surface area contributed by atoms with E-state index in [9.17, 15) is 8.78 Å². The minimum atomic E-state index is -0.439. The number of hydrogen-bond acceptors (Lipinski definition) is 1.